The second kappa shape index (κ2) is 8.39. The van der Waals surface area contributed by atoms with Crippen molar-refractivity contribution in [2.45, 2.75) is 36.2 Å². The molecule has 1 fully saturated rings. The standard InChI is InChI=1S/C22H22BrF3N2O3S/c1-27-15(13-32(30,31)16-6-4-14(5-7-16)22(24,25)26)10-17-18(12-28-8-2-3-9-28)21(29)19(23)11-20(17)27/h4-7,10-11,29H,2-3,8-9,12-13H2,1H3. The summed E-state index contributed by atoms with van der Waals surface area (Å²) in [6.45, 7) is 2.43. The van der Waals surface area contributed by atoms with E-state index in [1.54, 1.807) is 23.7 Å². The van der Waals surface area contributed by atoms with Crippen molar-refractivity contribution >= 4 is 36.7 Å². The van der Waals surface area contributed by atoms with E-state index in [4.69, 9.17) is 0 Å². The summed E-state index contributed by atoms with van der Waals surface area (Å²) in [5.74, 6) is -0.238. The van der Waals surface area contributed by atoms with Crippen molar-refractivity contribution in [1.29, 1.82) is 0 Å². The molecule has 0 amide bonds. The average Bonchev–Trinajstić information content (AvgIpc) is 3.34. The highest BCUT2D eigenvalue weighted by Gasteiger charge is 2.31. The minimum Gasteiger partial charge on any atom is -0.506 e. The van der Waals surface area contributed by atoms with E-state index in [2.05, 4.69) is 20.8 Å². The predicted molar refractivity (Wildman–Crippen MR) is 119 cm³/mol. The normalized spacial score (nSPS) is 15.7. The number of fused-ring (bicyclic) bond motifs is 1. The first kappa shape index (κ1) is 23.1. The van der Waals surface area contributed by atoms with Crippen LogP contribution in [0, 0.1) is 0 Å². The summed E-state index contributed by atoms with van der Waals surface area (Å²) in [6.07, 6.45) is -2.33. The van der Waals surface area contributed by atoms with Crippen LogP contribution >= 0.6 is 15.9 Å². The van der Waals surface area contributed by atoms with E-state index >= 15 is 0 Å². The molecule has 0 saturated carbocycles. The number of aromatic nitrogens is 1. The number of hydrogen-bond acceptors (Lipinski definition) is 4. The van der Waals surface area contributed by atoms with E-state index in [1.165, 1.54) is 0 Å². The van der Waals surface area contributed by atoms with E-state index in [0.29, 0.717) is 16.7 Å². The smallest absolute Gasteiger partial charge is 0.416 e. The molecule has 0 aliphatic carbocycles. The van der Waals surface area contributed by atoms with Crippen molar-refractivity contribution in [2.24, 2.45) is 7.05 Å². The highest BCUT2D eigenvalue weighted by molar-refractivity contribution is 9.10. The van der Waals surface area contributed by atoms with Gasteiger partial charge in [-0.15, -0.1) is 0 Å². The van der Waals surface area contributed by atoms with Gasteiger partial charge in [0.25, 0.3) is 0 Å². The van der Waals surface area contributed by atoms with Crippen LogP contribution in [0.3, 0.4) is 0 Å². The molecule has 0 atom stereocenters. The Kier molecular flexibility index (Phi) is 6.06. The van der Waals surface area contributed by atoms with Crippen molar-refractivity contribution in [3.8, 4) is 5.75 Å². The molecule has 0 bridgehead atoms. The lowest BCUT2D eigenvalue weighted by atomic mass is 10.1. The van der Waals surface area contributed by atoms with Crippen LogP contribution < -0.4 is 0 Å². The second-order valence-electron chi connectivity index (χ2n) is 8.08. The number of phenols is 1. The number of aryl methyl sites for hydroxylation is 1. The van der Waals surface area contributed by atoms with E-state index in [-0.39, 0.29) is 16.4 Å². The minimum absolute atomic E-state index is 0.132. The topological polar surface area (TPSA) is 62.5 Å². The molecule has 1 aliphatic rings. The molecule has 3 aromatic rings. The number of alkyl halides is 3. The van der Waals surface area contributed by atoms with E-state index in [0.717, 1.165) is 66.7 Å². The molecular weight excluding hydrogens is 509 g/mol. The minimum atomic E-state index is -4.53. The SMILES string of the molecule is Cn1c(CS(=O)(=O)c2ccc(C(F)(F)F)cc2)cc2c(CN3CCCC3)c(O)c(Br)cc21. The van der Waals surface area contributed by atoms with Crippen molar-refractivity contribution in [1.82, 2.24) is 9.47 Å². The summed E-state index contributed by atoms with van der Waals surface area (Å²) in [4.78, 5) is 2.07. The lowest BCUT2D eigenvalue weighted by Crippen LogP contribution is -2.18. The molecular formula is C22H22BrF3N2O3S. The van der Waals surface area contributed by atoms with E-state index in [1.807, 2.05) is 0 Å². The third-order valence-electron chi connectivity index (χ3n) is 5.94. The number of rotatable bonds is 5. The van der Waals surface area contributed by atoms with Crippen LogP contribution in [0.1, 0.15) is 29.7 Å². The maximum absolute atomic E-state index is 12.9. The lowest BCUT2D eigenvalue weighted by molar-refractivity contribution is -0.137. The van der Waals surface area contributed by atoms with Crippen molar-refractivity contribution in [3.05, 3.63) is 57.7 Å². The van der Waals surface area contributed by atoms with Gasteiger partial charge in [-0.25, -0.2) is 8.42 Å². The zero-order chi connectivity index (χ0) is 23.3. The average molecular weight is 531 g/mol. The third kappa shape index (κ3) is 4.40. The quantitative estimate of drug-likeness (QED) is 0.490. The van der Waals surface area contributed by atoms with Crippen molar-refractivity contribution in [3.63, 3.8) is 0 Å². The fraction of sp³-hybridized carbons (Fsp3) is 0.364. The number of phenolic OH excluding ortho intramolecular Hbond substituents is 1. The van der Waals surface area contributed by atoms with Crippen LogP contribution in [-0.4, -0.2) is 36.1 Å². The molecule has 1 aromatic heterocycles. The van der Waals surface area contributed by atoms with Crippen LogP contribution in [0.4, 0.5) is 13.2 Å². The number of hydrogen-bond donors (Lipinski definition) is 1. The van der Waals surface area contributed by atoms with E-state index < -0.39 is 21.6 Å². The number of halogens is 4. The molecule has 32 heavy (non-hydrogen) atoms. The Morgan fingerprint density at radius 1 is 1.09 bits per heavy atom. The first-order chi connectivity index (χ1) is 15.0. The Morgan fingerprint density at radius 2 is 1.72 bits per heavy atom. The highest BCUT2D eigenvalue weighted by Crippen LogP contribution is 2.38. The predicted octanol–water partition coefficient (Wildman–Crippen LogP) is 5.23. The summed E-state index contributed by atoms with van der Waals surface area (Å²) in [5, 5.41) is 11.4. The molecule has 4 rings (SSSR count). The van der Waals surface area contributed by atoms with Gasteiger partial charge in [-0.05, 0) is 78.3 Å². The molecule has 1 saturated heterocycles. The van der Waals surface area contributed by atoms with Gasteiger partial charge in [-0.2, -0.15) is 13.2 Å². The molecule has 0 unspecified atom stereocenters. The Balaban J connectivity index is 1.71. The molecule has 10 heteroatoms. The summed E-state index contributed by atoms with van der Waals surface area (Å²) >= 11 is 3.39. The monoisotopic (exact) mass is 530 g/mol. The van der Waals surface area contributed by atoms with Gasteiger partial charge in [0.2, 0.25) is 0 Å². The first-order valence-electron chi connectivity index (χ1n) is 10.1. The summed E-state index contributed by atoms with van der Waals surface area (Å²) in [5.41, 5.74) is 1.08. The molecule has 172 valence electrons. The summed E-state index contributed by atoms with van der Waals surface area (Å²) in [6, 6.07) is 7.01. The van der Waals surface area contributed by atoms with Gasteiger partial charge in [0, 0.05) is 35.8 Å². The van der Waals surface area contributed by atoms with Gasteiger partial charge in [-0.1, -0.05) is 0 Å². The molecule has 1 N–H and O–H groups in total. The van der Waals surface area contributed by atoms with Gasteiger partial charge in [0.05, 0.1) is 20.7 Å². The van der Waals surface area contributed by atoms with Crippen LogP contribution in [0.2, 0.25) is 0 Å². The van der Waals surface area contributed by atoms with Gasteiger partial charge >= 0.3 is 6.18 Å². The first-order valence-corrected chi connectivity index (χ1v) is 12.5. The fourth-order valence-corrected chi connectivity index (χ4v) is 5.98. The van der Waals surface area contributed by atoms with Crippen molar-refractivity contribution in [2.75, 3.05) is 13.1 Å². The van der Waals surface area contributed by atoms with Crippen LogP contribution in [0.15, 0.2) is 45.8 Å². The van der Waals surface area contributed by atoms with Gasteiger partial charge < -0.3 is 9.67 Å². The van der Waals surface area contributed by atoms with Crippen LogP contribution in [0.5, 0.6) is 5.75 Å². The van der Waals surface area contributed by atoms with Crippen LogP contribution in [0.25, 0.3) is 10.9 Å². The molecule has 0 spiro atoms. The summed E-state index contributed by atoms with van der Waals surface area (Å²) < 4.78 is 66.5. The molecule has 2 heterocycles. The Hall–Kier alpha value is -2.04. The molecule has 0 radical (unpaired) electrons. The van der Waals surface area contributed by atoms with Crippen LogP contribution in [-0.2, 0) is 35.4 Å². The Labute approximate surface area is 192 Å². The largest absolute Gasteiger partial charge is 0.506 e. The highest BCUT2D eigenvalue weighted by atomic mass is 79.9. The zero-order valence-corrected chi connectivity index (χ0v) is 19.7. The molecule has 5 nitrogen and oxygen atoms in total. The maximum atomic E-state index is 12.9. The Bertz CT molecular complexity index is 1260. The van der Waals surface area contributed by atoms with E-state index in [9.17, 15) is 26.7 Å². The number of aromatic hydroxyl groups is 1. The second-order valence-corrected chi connectivity index (χ2v) is 10.9. The number of nitrogens with zero attached hydrogens (tertiary/aromatic N) is 2. The third-order valence-corrected chi connectivity index (χ3v) is 8.21. The summed E-state index contributed by atoms with van der Waals surface area (Å²) in [7, 11) is -2.13. The number of benzene rings is 2. The fourth-order valence-electron chi connectivity index (χ4n) is 4.14. The Morgan fingerprint density at radius 3 is 2.31 bits per heavy atom. The number of likely N-dealkylation sites (tertiary alicyclic amines) is 1. The maximum Gasteiger partial charge on any atom is 0.416 e. The van der Waals surface area contributed by atoms with Gasteiger partial charge in [-0.3, -0.25) is 4.90 Å². The lowest BCUT2D eigenvalue weighted by Gasteiger charge is -2.17. The molecule has 2 aromatic carbocycles. The van der Waals surface area contributed by atoms with Crippen molar-refractivity contribution < 1.29 is 26.7 Å². The van der Waals surface area contributed by atoms with Gasteiger partial charge in [0.15, 0.2) is 9.84 Å². The number of sulfone groups is 1. The van der Waals surface area contributed by atoms with Gasteiger partial charge in [0.1, 0.15) is 5.75 Å². The molecule has 1 aliphatic heterocycles. The zero-order valence-electron chi connectivity index (χ0n) is 17.3.